The second kappa shape index (κ2) is 10.1. The van der Waals surface area contributed by atoms with Gasteiger partial charge in [0.05, 0.1) is 12.1 Å². The van der Waals surface area contributed by atoms with Crippen LogP contribution in [0.3, 0.4) is 0 Å². The van der Waals surface area contributed by atoms with E-state index in [1.165, 1.54) is 12.1 Å². The number of rotatable bonds is 5. The van der Waals surface area contributed by atoms with E-state index in [-0.39, 0.29) is 24.0 Å². The molecule has 9 heteroatoms. The Hall–Kier alpha value is -1.07. The van der Waals surface area contributed by atoms with Gasteiger partial charge in [0.25, 0.3) is 0 Å². The van der Waals surface area contributed by atoms with Crippen LogP contribution in [0.1, 0.15) is 18.1 Å². The Labute approximate surface area is 182 Å². The second-order valence-electron chi connectivity index (χ2n) is 7.24. The maximum absolute atomic E-state index is 12.7. The van der Waals surface area contributed by atoms with Crippen LogP contribution in [0.15, 0.2) is 29.3 Å². The normalized spacial score (nSPS) is 24.6. The molecule has 1 unspecified atom stereocenters. The summed E-state index contributed by atoms with van der Waals surface area (Å²) in [6.45, 7) is 9.57. The zero-order valence-electron chi connectivity index (χ0n) is 16.4. The average molecular weight is 511 g/mol. The zero-order valence-corrected chi connectivity index (χ0v) is 18.7. The molecule has 1 aromatic rings. The van der Waals surface area contributed by atoms with Crippen molar-refractivity contribution in [1.82, 2.24) is 20.0 Å². The van der Waals surface area contributed by atoms with Crippen molar-refractivity contribution in [3.8, 4) is 0 Å². The Balaban J connectivity index is 0.00000280. The van der Waals surface area contributed by atoms with Gasteiger partial charge in [-0.2, -0.15) is 13.2 Å². The molecule has 0 aliphatic carbocycles. The molecule has 3 heterocycles. The SMILES string of the molecule is CCNC(=NCC1CN2CCN1CC2)N(C)Cc1ccc(C(F)(F)F)cc1.I. The number of halogens is 4. The summed E-state index contributed by atoms with van der Waals surface area (Å²) in [5.74, 6) is 0.787. The van der Waals surface area contributed by atoms with E-state index in [4.69, 9.17) is 4.99 Å². The number of hydrogen-bond donors (Lipinski definition) is 1. The van der Waals surface area contributed by atoms with E-state index in [1.807, 2.05) is 18.9 Å². The minimum atomic E-state index is -4.30. The molecule has 1 N–H and O–H groups in total. The Morgan fingerprint density at radius 1 is 1.18 bits per heavy atom. The monoisotopic (exact) mass is 511 g/mol. The lowest BCUT2D eigenvalue weighted by atomic mass is 10.1. The number of benzene rings is 1. The number of guanidine groups is 1. The molecular formula is C19H29F3IN5. The van der Waals surface area contributed by atoms with Gasteiger partial charge >= 0.3 is 6.18 Å². The maximum atomic E-state index is 12.7. The van der Waals surface area contributed by atoms with Crippen molar-refractivity contribution in [2.24, 2.45) is 4.99 Å². The third-order valence-electron chi connectivity index (χ3n) is 5.24. The summed E-state index contributed by atoms with van der Waals surface area (Å²) in [5.41, 5.74) is 0.202. The van der Waals surface area contributed by atoms with Crippen LogP contribution in [0.25, 0.3) is 0 Å². The third-order valence-corrected chi connectivity index (χ3v) is 5.24. The van der Waals surface area contributed by atoms with E-state index in [1.54, 1.807) is 0 Å². The molecule has 0 saturated carbocycles. The van der Waals surface area contributed by atoms with E-state index in [0.29, 0.717) is 12.6 Å². The molecule has 3 aliphatic heterocycles. The topological polar surface area (TPSA) is 34.1 Å². The molecular weight excluding hydrogens is 482 g/mol. The van der Waals surface area contributed by atoms with Gasteiger partial charge in [0.1, 0.15) is 0 Å². The molecule has 3 saturated heterocycles. The number of fused-ring (bicyclic) bond motifs is 3. The van der Waals surface area contributed by atoms with Gasteiger partial charge in [-0.3, -0.25) is 14.8 Å². The molecule has 3 fully saturated rings. The predicted octanol–water partition coefficient (Wildman–Crippen LogP) is 2.72. The summed E-state index contributed by atoms with van der Waals surface area (Å²) < 4.78 is 38.1. The van der Waals surface area contributed by atoms with Crippen LogP contribution in [0, 0.1) is 0 Å². The van der Waals surface area contributed by atoms with E-state index in [2.05, 4.69) is 15.1 Å². The maximum Gasteiger partial charge on any atom is 0.416 e. The van der Waals surface area contributed by atoms with E-state index < -0.39 is 11.7 Å². The number of hydrogen-bond acceptors (Lipinski definition) is 3. The molecule has 0 radical (unpaired) electrons. The first-order chi connectivity index (χ1) is 12.9. The Morgan fingerprint density at radius 2 is 1.82 bits per heavy atom. The fourth-order valence-electron chi connectivity index (χ4n) is 3.71. The minimum absolute atomic E-state index is 0. The molecule has 28 heavy (non-hydrogen) atoms. The van der Waals surface area contributed by atoms with Crippen LogP contribution >= 0.6 is 24.0 Å². The Kier molecular flexibility index (Phi) is 8.38. The van der Waals surface area contributed by atoms with Gasteiger partial charge < -0.3 is 10.2 Å². The average Bonchev–Trinajstić information content (AvgIpc) is 2.65. The Bertz CT molecular complexity index is 642. The van der Waals surface area contributed by atoms with Crippen molar-refractivity contribution in [3.63, 3.8) is 0 Å². The van der Waals surface area contributed by atoms with E-state index >= 15 is 0 Å². The lowest BCUT2D eigenvalue weighted by Gasteiger charge is -2.47. The molecule has 1 aromatic carbocycles. The lowest BCUT2D eigenvalue weighted by Crippen LogP contribution is -2.62. The summed E-state index contributed by atoms with van der Waals surface area (Å²) in [6, 6.07) is 5.77. The van der Waals surface area contributed by atoms with Crippen LogP contribution in [0.5, 0.6) is 0 Å². The first-order valence-corrected chi connectivity index (χ1v) is 9.49. The molecule has 3 aliphatic rings. The van der Waals surface area contributed by atoms with Gasteiger partial charge in [0, 0.05) is 58.9 Å². The fraction of sp³-hybridized carbons (Fsp3) is 0.632. The molecule has 1 atom stereocenters. The molecule has 2 bridgehead atoms. The molecule has 0 spiro atoms. The van der Waals surface area contributed by atoms with Crippen molar-refractivity contribution >= 4 is 29.9 Å². The van der Waals surface area contributed by atoms with Gasteiger partial charge in [0.15, 0.2) is 5.96 Å². The first-order valence-electron chi connectivity index (χ1n) is 9.49. The van der Waals surface area contributed by atoms with Crippen molar-refractivity contribution in [2.45, 2.75) is 25.7 Å². The molecule has 0 amide bonds. The first kappa shape index (κ1) is 23.2. The Morgan fingerprint density at radius 3 is 2.32 bits per heavy atom. The standard InChI is InChI=1S/C19H28F3N5.HI/c1-3-23-18(24-12-17-14-26-8-10-27(17)11-9-26)25(2)13-15-4-6-16(7-5-15)19(20,21)22;/h4-7,17H,3,8-14H2,1-2H3,(H,23,24);1H. The van der Waals surface area contributed by atoms with Crippen LogP contribution in [-0.2, 0) is 12.7 Å². The van der Waals surface area contributed by atoms with Gasteiger partial charge in [-0.1, -0.05) is 12.1 Å². The minimum Gasteiger partial charge on any atom is -0.357 e. The molecule has 158 valence electrons. The number of nitrogens with one attached hydrogen (secondary N) is 1. The largest absolute Gasteiger partial charge is 0.416 e. The lowest BCUT2D eigenvalue weighted by molar-refractivity contribution is -0.137. The summed E-state index contributed by atoms with van der Waals surface area (Å²) in [4.78, 5) is 11.7. The highest BCUT2D eigenvalue weighted by Crippen LogP contribution is 2.29. The number of piperazine rings is 3. The summed E-state index contributed by atoms with van der Waals surface area (Å²) in [6.07, 6.45) is -4.30. The highest BCUT2D eigenvalue weighted by Gasteiger charge is 2.32. The summed E-state index contributed by atoms with van der Waals surface area (Å²) >= 11 is 0. The van der Waals surface area contributed by atoms with E-state index in [0.717, 1.165) is 69.5 Å². The molecule has 0 aromatic heterocycles. The quantitative estimate of drug-likeness (QED) is 0.375. The van der Waals surface area contributed by atoms with Gasteiger partial charge in [0.2, 0.25) is 0 Å². The smallest absolute Gasteiger partial charge is 0.357 e. The zero-order chi connectivity index (χ0) is 19.4. The van der Waals surface area contributed by atoms with Crippen LogP contribution in [-0.4, -0.2) is 79.6 Å². The second-order valence-corrected chi connectivity index (χ2v) is 7.24. The van der Waals surface area contributed by atoms with Crippen molar-refractivity contribution in [1.29, 1.82) is 0 Å². The number of aliphatic imine (C=N–C) groups is 1. The van der Waals surface area contributed by atoms with Crippen LogP contribution in [0.2, 0.25) is 0 Å². The molecule has 5 nitrogen and oxygen atoms in total. The summed E-state index contributed by atoms with van der Waals surface area (Å²) in [7, 11) is 1.91. The fourth-order valence-corrected chi connectivity index (χ4v) is 3.71. The number of alkyl halides is 3. The van der Waals surface area contributed by atoms with E-state index in [9.17, 15) is 13.2 Å². The van der Waals surface area contributed by atoms with Gasteiger partial charge in [-0.25, -0.2) is 0 Å². The highest BCUT2D eigenvalue weighted by atomic mass is 127. The van der Waals surface area contributed by atoms with Crippen molar-refractivity contribution in [2.75, 3.05) is 52.9 Å². The van der Waals surface area contributed by atoms with Gasteiger partial charge in [-0.15, -0.1) is 24.0 Å². The van der Waals surface area contributed by atoms with Crippen LogP contribution in [0.4, 0.5) is 13.2 Å². The molecule has 4 rings (SSSR count). The predicted molar refractivity (Wildman–Crippen MR) is 116 cm³/mol. The van der Waals surface area contributed by atoms with Crippen LogP contribution < -0.4 is 5.32 Å². The van der Waals surface area contributed by atoms with Crippen molar-refractivity contribution < 1.29 is 13.2 Å². The number of nitrogens with zero attached hydrogens (tertiary/aromatic N) is 4. The van der Waals surface area contributed by atoms with Gasteiger partial charge in [-0.05, 0) is 24.6 Å². The summed E-state index contributed by atoms with van der Waals surface area (Å²) in [5, 5.41) is 3.29. The van der Waals surface area contributed by atoms with Crippen molar-refractivity contribution in [3.05, 3.63) is 35.4 Å². The highest BCUT2D eigenvalue weighted by molar-refractivity contribution is 14.0. The third kappa shape index (κ3) is 5.96.